The Labute approximate surface area is 164 Å². The lowest BCUT2D eigenvalue weighted by molar-refractivity contribution is -0.137. The molecule has 1 heterocycles. The summed E-state index contributed by atoms with van der Waals surface area (Å²) in [5, 5.41) is 5.13. The molecule has 0 spiro atoms. The Kier molecular flexibility index (Phi) is 4.51. The Balaban J connectivity index is 1.89. The van der Waals surface area contributed by atoms with Crippen LogP contribution in [0.1, 0.15) is 5.56 Å². The molecule has 0 aromatic heterocycles. The number of benzene rings is 3. The van der Waals surface area contributed by atoms with Crippen molar-refractivity contribution in [1.29, 1.82) is 0 Å². The zero-order valence-corrected chi connectivity index (χ0v) is 15.5. The Morgan fingerprint density at radius 1 is 0.828 bits per heavy atom. The van der Waals surface area contributed by atoms with E-state index in [0.717, 1.165) is 12.1 Å². The van der Waals surface area contributed by atoms with Crippen LogP contribution >= 0.6 is 0 Å². The third-order valence-electron chi connectivity index (χ3n) is 4.51. The van der Waals surface area contributed by atoms with Gasteiger partial charge in [0.05, 0.1) is 10.5 Å². The van der Waals surface area contributed by atoms with Gasteiger partial charge in [0.15, 0.2) is 11.5 Å². The number of alkyl halides is 3. The number of nitrogens with two attached hydrogens (primary N) is 1. The van der Waals surface area contributed by atoms with Crippen LogP contribution in [0.25, 0.3) is 22.3 Å². The predicted octanol–water partition coefficient (Wildman–Crippen LogP) is 4.42. The molecule has 4 rings (SSSR count). The molecule has 0 fully saturated rings. The topological polar surface area (TPSA) is 78.6 Å². The van der Waals surface area contributed by atoms with E-state index in [9.17, 15) is 21.6 Å². The molecule has 0 aliphatic carbocycles. The van der Waals surface area contributed by atoms with Crippen molar-refractivity contribution in [2.24, 2.45) is 5.14 Å². The minimum Gasteiger partial charge on any atom is -0.454 e. The summed E-state index contributed by atoms with van der Waals surface area (Å²) in [6.45, 7) is 0.00513. The highest BCUT2D eigenvalue weighted by molar-refractivity contribution is 7.89. The van der Waals surface area contributed by atoms with Gasteiger partial charge < -0.3 is 9.47 Å². The van der Waals surface area contributed by atoms with Crippen LogP contribution in [0.3, 0.4) is 0 Å². The van der Waals surface area contributed by atoms with E-state index in [1.54, 1.807) is 18.2 Å². The van der Waals surface area contributed by atoms with Crippen LogP contribution in [0.5, 0.6) is 11.5 Å². The van der Waals surface area contributed by atoms with E-state index in [2.05, 4.69) is 0 Å². The molecule has 0 amide bonds. The highest BCUT2D eigenvalue weighted by atomic mass is 32.2. The molecule has 0 saturated carbocycles. The Morgan fingerprint density at radius 2 is 1.41 bits per heavy atom. The quantitative estimate of drug-likeness (QED) is 0.679. The van der Waals surface area contributed by atoms with E-state index in [1.807, 2.05) is 0 Å². The van der Waals surface area contributed by atoms with Gasteiger partial charge in [-0.05, 0) is 58.7 Å². The lowest BCUT2D eigenvalue weighted by Crippen LogP contribution is -2.11. The first-order chi connectivity index (χ1) is 13.6. The highest BCUT2D eigenvalue weighted by Crippen LogP contribution is 2.44. The second kappa shape index (κ2) is 6.78. The van der Waals surface area contributed by atoms with Crippen LogP contribution in [0.15, 0.2) is 65.6 Å². The smallest absolute Gasteiger partial charge is 0.416 e. The Morgan fingerprint density at radius 3 is 1.97 bits per heavy atom. The molecule has 9 heteroatoms. The van der Waals surface area contributed by atoms with Gasteiger partial charge in [0.2, 0.25) is 16.8 Å². The molecular weight excluding hydrogens is 407 g/mol. The van der Waals surface area contributed by atoms with E-state index in [0.29, 0.717) is 33.8 Å². The number of hydrogen-bond donors (Lipinski definition) is 1. The molecule has 0 atom stereocenters. The van der Waals surface area contributed by atoms with Gasteiger partial charge in [0.1, 0.15) is 0 Å². The molecule has 0 bridgehead atoms. The molecule has 3 aromatic rings. The number of sulfonamides is 1. The standard InChI is InChI=1S/C20H14F3NO4S/c21-20(22,23)14-3-1-2-13(8-14)17-10-19-18(27-11-28-19)9-16(17)12-4-6-15(7-5-12)29(24,25)26/h1-10H,11H2,(H2,24,25,26). The fraction of sp³-hybridized carbons (Fsp3) is 0.100. The number of fused-ring (bicyclic) bond motifs is 1. The second-order valence-electron chi connectivity index (χ2n) is 6.40. The van der Waals surface area contributed by atoms with Gasteiger partial charge in [-0.2, -0.15) is 13.2 Å². The van der Waals surface area contributed by atoms with Crippen LogP contribution < -0.4 is 14.6 Å². The maximum atomic E-state index is 13.2. The SMILES string of the molecule is NS(=O)(=O)c1ccc(-c2cc3c(cc2-c2cccc(C(F)(F)F)c2)OCO3)cc1. The van der Waals surface area contributed by atoms with Crippen molar-refractivity contribution in [3.63, 3.8) is 0 Å². The molecule has 1 aliphatic heterocycles. The van der Waals surface area contributed by atoms with Gasteiger partial charge in [0, 0.05) is 0 Å². The van der Waals surface area contributed by atoms with E-state index >= 15 is 0 Å². The average molecular weight is 421 g/mol. The molecule has 1 aliphatic rings. The molecule has 0 radical (unpaired) electrons. The van der Waals surface area contributed by atoms with E-state index in [1.165, 1.54) is 30.3 Å². The van der Waals surface area contributed by atoms with Crippen molar-refractivity contribution < 1.29 is 31.1 Å². The third-order valence-corrected chi connectivity index (χ3v) is 5.44. The summed E-state index contributed by atoms with van der Waals surface area (Å²) in [4.78, 5) is -0.0670. The average Bonchev–Trinajstić information content (AvgIpc) is 3.13. The van der Waals surface area contributed by atoms with Crippen molar-refractivity contribution in [1.82, 2.24) is 0 Å². The summed E-state index contributed by atoms with van der Waals surface area (Å²) in [5.74, 6) is 0.869. The van der Waals surface area contributed by atoms with Crippen LogP contribution in [-0.4, -0.2) is 15.2 Å². The van der Waals surface area contributed by atoms with Crippen molar-refractivity contribution in [2.75, 3.05) is 6.79 Å². The van der Waals surface area contributed by atoms with E-state index in [-0.39, 0.29) is 11.7 Å². The summed E-state index contributed by atoms with van der Waals surface area (Å²) >= 11 is 0. The number of rotatable bonds is 3. The van der Waals surface area contributed by atoms with Crippen LogP contribution in [-0.2, 0) is 16.2 Å². The fourth-order valence-corrected chi connectivity index (χ4v) is 3.62. The van der Waals surface area contributed by atoms with Crippen LogP contribution in [0.4, 0.5) is 13.2 Å². The predicted molar refractivity (Wildman–Crippen MR) is 99.8 cm³/mol. The number of halogens is 3. The summed E-state index contributed by atoms with van der Waals surface area (Å²) in [7, 11) is -3.87. The monoisotopic (exact) mass is 421 g/mol. The Hall–Kier alpha value is -3.04. The molecule has 2 N–H and O–H groups in total. The number of hydrogen-bond acceptors (Lipinski definition) is 4. The van der Waals surface area contributed by atoms with Crippen molar-refractivity contribution in [3.8, 4) is 33.8 Å². The van der Waals surface area contributed by atoms with Gasteiger partial charge in [-0.15, -0.1) is 0 Å². The molecule has 150 valence electrons. The summed E-state index contributed by atoms with van der Waals surface area (Å²) in [5.41, 5.74) is 1.20. The molecule has 5 nitrogen and oxygen atoms in total. The first-order valence-electron chi connectivity index (χ1n) is 8.37. The second-order valence-corrected chi connectivity index (χ2v) is 7.96. The number of ether oxygens (including phenoxy) is 2. The molecule has 0 unspecified atom stereocenters. The molecule has 3 aromatic carbocycles. The van der Waals surface area contributed by atoms with Gasteiger partial charge in [-0.3, -0.25) is 0 Å². The number of primary sulfonamides is 1. The lowest BCUT2D eigenvalue weighted by Gasteiger charge is -2.14. The largest absolute Gasteiger partial charge is 0.454 e. The minimum atomic E-state index is -4.48. The zero-order valence-electron chi connectivity index (χ0n) is 14.7. The first-order valence-corrected chi connectivity index (χ1v) is 9.92. The van der Waals surface area contributed by atoms with Crippen LogP contribution in [0, 0.1) is 0 Å². The van der Waals surface area contributed by atoms with Gasteiger partial charge in [-0.1, -0.05) is 24.3 Å². The van der Waals surface area contributed by atoms with E-state index in [4.69, 9.17) is 14.6 Å². The van der Waals surface area contributed by atoms with Gasteiger partial charge in [-0.25, -0.2) is 13.6 Å². The lowest BCUT2D eigenvalue weighted by atomic mass is 9.93. The van der Waals surface area contributed by atoms with Crippen LogP contribution in [0.2, 0.25) is 0 Å². The minimum absolute atomic E-state index is 0.00513. The Bertz CT molecular complexity index is 1190. The molecule has 29 heavy (non-hydrogen) atoms. The van der Waals surface area contributed by atoms with Crippen molar-refractivity contribution in [2.45, 2.75) is 11.1 Å². The maximum absolute atomic E-state index is 13.2. The summed E-state index contributed by atoms with van der Waals surface area (Å²) in [6, 6.07) is 14.0. The fourth-order valence-electron chi connectivity index (χ4n) is 3.11. The molecule has 0 saturated heterocycles. The first kappa shape index (κ1) is 19.3. The normalized spacial score (nSPS) is 13.5. The van der Waals surface area contributed by atoms with Gasteiger partial charge >= 0.3 is 6.18 Å². The summed E-state index contributed by atoms with van der Waals surface area (Å²) in [6.07, 6.45) is -4.48. The zero-order chi connectivity index (χ0) is 20.8. The summed E-state index contributed by atoms with van der Waals surface area (Å²) < 4.78 is 73.2. The van der Waals surface area contributed by atoms with E-state index < -0.39 is 21.8 Å². The highest BCUT2D eigenvalue weighted by Gasteiger charge is 2.31. The maximum Gasteiger partial charge on any atom is 0.416 e. The van der Waals surface area contributed by atoms with Gasteiger partial charge in [0.25, 0.3) is 0 Å². The van der Waals surface area contributed by atoms with Crippen molar-refractivity contribution >= 4 is 10.0 Å². The van der Waals surface area contributed by atoms with Crippen molar-refractivity contribution in [3.05, 3.63) is 66.2 Å². The third kappa shape index (κ3) is 3.79. The molecular formula is C20H14F3NO4S.